The van der Waals surface area contributed by atoms with Crippen molar-refractivity contribution in [2.24, 2.45) is 0 Å². The largest absolute Gasteiger partial charge is 0.437 e. The molecule has 0 aromatic heterocycles. The molecule has 0 saturated carbocycles. The van der Waals surface area contributed by atoms with Crippen molar-refractivity contribution >= 4 is 12.7 Å². The summed E-state index contributed by atoms with van der Waals surface area (Å²) in [7, 11) is -0.560. The first-order valence-corrected chi connectivity index (χ1v) is 5.01. The summed E-state index contributed by atoms with van der Waals surface area (Å²) >= 11 is 0. The summed E-state index contributed by atoms with van der Waals surface area (Å²) < 4.78 is 0. The molecule has 15 heavy (non-hydrogen) atoms. The summed E-state index contributed by atoms with van der Waals surface area (Å²) in [6.45, 7) is 2.80. The van der Waals surface area contributed by atoms with E-state index in [0.717, 1.165) is 11.3 Å². The van der Waals surface area contributed by atoms with Crippen LogP contribution in [0, 0.1) is 0 Å². The van der Waals surface area contributed by atoms with Crippen molar-refractivity contribution in [1.82, 2.24) is 4.81 Å². The van der Waals surface area contributed by atoms with E-state index in [0.29, 0.717) is 13.1 Å². The van der Waals surface area contributed by atoms with Crippen molar-refractivity contribution in [3.63, 3.8) is 0 Å². The quantitative estimate of drug-likeness (QED) is 0.476. The Morgan fingerprint density at radius 1 is 1.33 bits per heavy atom. The minimum Gasteiger partial charge on any atom is -0.437 e. The molecule has 0 unspecified atom stereocenters. The molecule has 0 spiro atoms. The van der Waals surface area contributed by atoms with Crippen LogP contribution in [0.1, 0.15) is 5.56 Å². The molecule has 0 fully saturated rings. The van der Waals surface area contributed by atoms with Gasteiger partial charge >= 0.3 is 7.05 Å². The van der Waals surface area contributed by atoms with E-state index in [2.05, 4.69) is 0 Å². The molecule has 5 heteroatoms. The van der Waals surface area contributed by atoms with Crippen molar-refractivity contribution < 1.29 is 10.1 Å². The van der Waals surface area contributed by atoms with Crippen LogP contribution in [0.5, 0.6) is 0 Å². The van der Waals surface area contributed by atoms with Crippen LogP contribution in [-0.2, 0) is 6.54 Å². The lowest BCUT2D eigenvalue weighted by molar-refractivity contribution is 0.238. The molecule has 1 aromatic rings. The van der Waals surface area contributed by atoms with Crippen molar-refractivity contribution in [2.45, 2.75) is 13.4 Å². The zero-order chi connectivity index (χ0) is 11.3. The van der Waals surface area contributed by atoms with Gasteiger partial charge in [0.05, 0.1) is 6.61 Å². The Hall–Kier alpha value is -1.04. The summed E-state index contributed by atoms with van der Waals surface area (Å²) in [5, 5.41) is 18.3. The lowest BCUT2D eigenvalue weighted by atomic mass is 9.84. The second kappa shape index (κ2) is 5.75. The highest BCUT2D eigenvalue weighted by atomic mass is 16.3. The summed E-state index contributed by atoms with van der Waals surface area (Å²) in [6, 6.07) is 7.49. The fraction of sp³-hybridized carbons (Fsp3) is 0.400. The molecule has 0 aliphatic carbocycles. The number of nitrogen functional groups attached to an aromatic ring is 1. The molecule has 0 aliphatic heterocycles. The number of benzene rings is 1. The van der Waals surface area contributed by atoms with Crippen LogP contribution >= 0.6 is 0 Å². The highest BCUT2D eigenvalue weighted by molar-refractivity contribution is 6.45. The Kier molecular flexibility index (Phi) is 4.61. The molecule has 0 saturated heterocycles. The third-order valence-electron chi connectivity index (χ3n) is 2.28. The molecule has 0 atom stereocenters. The molecule has 4 N–H and O–H groups in total. The van der Waals surface area contributed by atoms with Gasteiger partial charge in [-0.05, 0) is 24.5 Å². The van der Waals surface area contributed by atoms with Crippen molar-refractivity contribution in [2.75, 3.05) is 18.9 Å². The molecule has 0 radical (unpaired) electrons. The lowest BCUT2D eigenvalue weighted by Crippen LogP contribution is -2.38. The summed E-state index contributed by atoms with van der Waals surface area (Å²) in [4.78, 5) is 1.78. The molecule has 4 nitrogen and oxygen atoms in total. The average molecular weight is 208 g/mol. The van der Waals surface area contributed by atoms with Gasteiger partial charge in [0.15, 0.2) is 0 Å². The van der Waals surface area contributed by atoms with E-state index in [1.165, 1.54) is 0 Å². The van der Waals surface area contributed by atoms with Gasteiger partial charge in [-0.1, -0.05) is 12.1 Å². The van der Waals surface area contributed by atoms with E-state index in [1.54, 1.807) is 11.6 Å². The fourth-order valence-electron chi connectivity index (χ4n) is 1.38. The van der Waals surface area contributed by atoms with Crippen LogP contribution < -0.4 is 5.73 Å². The van der Waals surface area contributed by atoms with Crippen LogP contribution in [0.15, 0.2) is 24.3 Å². The molecule has 0 bridgehead atoms. The molecule has 82 valence electrons. The Morgan fingerprint density at radius 2 is 1.93 bits per heavy atom. The maximum atomic E-state index is 9.45. The van der Waals surface area contributed by atoms with Gasteiger partial charge in [-0.2, -0.15) is 0 Å². The number of aliphatic hydroxyl groups is 1. The molecule has 0 amide bonds. The van der Waals surface area contributed by atoms with Crippen LogP contribution in [-0.4, -0.2) is 35.1 Å². The van der Waals surface area contributed by atoms with Gasteiger partial charge in [-0.15, -0.1) is 0 Å². The number of hydrogen-bond donors (Lipinski definition) is 3. The zero-order valence-corrected chi connectivity index (χ0v) is 8.93. The second-order valence-corrected chi connectivity index (χ2v) is 3.57. The Morgan fingerprint density at radius 3 is 2.40 bits per heavy atom. The normalized spacial score (nSPS) is 10.7. The van der Waals surface area contributed by atoms with E-state index >= 15 is 0 Å². The Balaban J connectivity index is 2.61. The lowest BCUT2D eigenvalue weighted by Gasteiger charge is -2.22. The monoisotopic (exact) mass is 208 g/mol. The smallest absolute Gasteiger partial charge is 0.376 e. The van der Waals surface area contributed by atoms with Crippen LogP contribution in [0.3, 0.4) is 0 Å². The molecule has 1 aromatic carbocycles. The van der Waals surface area contributed by atoms with E-state index in [1.807, 2.05) is 24.3 Å². The Bertz CT molecular complexity index is 290. The number of hydrogen-bond acceptors (Lipinski definition) is 4. The first kappa shape index (κ1) is 12.0. The third-order valence-corrected chi connectivity index (χ3v) is 2.28. The second-order valence-electron chi connectivity index (χ2n) is 3.57. The first-order valence-electron chi connectivity index (χ1n) is 5.01. The van der Waals surface area contributed by atoms with Gasteiger partial charge in [0.25, 0.3) is 0 Å². The number of rotatable bonds is 5. The molecule has 0 aliphatic rings. The zero-order valence-electron chi connectivity index (χ0n) is 8.93. The maximum Gasteiger partial charge on any atom is 0.376 e. The summed E-state index contributed by atoms with van der Waals surface area (Å²) in [6.07, 6.45) is 0. The van der Waals surface area contributed by atoms with E-state index in [9.17, 15) is 5.02 Å². The van der Waals surface area contributed by atoms with Crippen LogP contribution in [0.4, 0.5) is 5.69 Å². The standard InChI is InChI=1S/C10H17BN2O2/c1-11(15)13(6-7-14)8-9-2-4-10(12)5-3-9/h2-5,14-15H,6-8,12H2,1H3. The highest BCUT2D eigenvalue weighted by Gasteiger charge is 2.15. The van der Waals surface area contributed by atoms with Gasteiger partial charge in [0.2, 0.25) is 0 Å². The molecule has 0 heterocycles. The average Bonchev–Trinajstić information content (AvgIpc) is 2.20. The van der Waals surface area contributed by atoms with Crippen LogP contribution in [0.25, 0.3) is 0 Å². The van der Waals surface area contributed by atoms with Crippen molar-refractivity contribution in [3.05, 3.63) is 29.8 Å². The minimum absolute atomic E-state index is 0.0415. The number of nitrogens with two attached hydrogens (primary N) is 1. The van der Waals surface area contributed by atoms with Gasteiger partial charge in [0, 0.05) is 18.8 Å². The molecular weight excluding hydrogens is 191 g/mol. The van der Waals surface area contributed by atoms with Gasteiger partial charge < -0.3 is 20.7 Å². The molecular formula is C10H17BN2O2. The highest BCUT2D eigenvalue weighted by Crippen LogP contribution is 2.08. The number of nitrogens with zero attached hydrogens (tertiary/aromatic N) is 1. The summed E-state index contributed by atoms with van der Waals surface area (Å²) in [5.41, 5.74) is 7.37. The van der Waals surface area contributed by atoms with E-state index in [-0.39, 0.29) is 6.61 Å². The number of aliphatic hydroxyl groups excluding tert-OH is 1. The predicted molar refractivity (Wildman–Crippen MR) is 62.2 cm³/mol. The predicted octanol–water partition coefficient (Wildman–Crippen LogP) is 0.173. The third kappa shape index (κ3) is 3.91. The van der Waals surface area contributed by atoms with Crippen molar-refractivity contribution in [3.8, 4) is 0 Å². The minimum atomic E-state index is -0.560. The number of anilines is 1. The van der Waals surface area contributed by atoms with E-state index in [4.69, 9.17) is 10.8 Å². The topological polar surface area (TPSA) is 69.7 Å². The van der Waals surface area contributed by atoms with Crippen molar-refractivity contribution in [1.29, 1.82) is 0 Å². The van der Waals surface area contributed by atoms with E-state index < -0.39 is 7.05 Å². The van der Waals surface area contributed by atoms with Gasteiger partial charge in [-0.25, -0.2) is 0 Å². The SMILES string of the molecule is CB(O)N(CCO)Cc1ccc(N)cc1. The fourth-order valence-corrected chi connectivity index (χ4v) is 1.38. The Labute approximate surface area is 90.5 Å². The summed E-state index contributed by atoms with van der Waals surface area (Å²) in [5.74, 6) is 0. The maximum absolute atomic E-state index is 9.45. The van der Waals surface area contributed by atoms with Gasteiger partial charge in [-0.3, -0.25) is 0 Å². The van der Waals surface area contributed by atoms with Gasteiger partial charge in [0.1, 0.15) is 0 Å². The molecule has 1 rings (SSSR count). The first-order chi connectivity index (χ1) is 7.13. The van der Waals surface area contributed by atoms with Crippen LogP contribution in [0.2, 0.25) is 6.82 Å².